The van der Waals surface area contributed by atoms with Gasteiger partial charge in [-0.05, 0) is 37.6 Å². The predicted octanol–water partition coefficient (Wildman–Crippen LogP) is 3.63. The molecule has 1 N–H and O–H groups in total. The van der Waals surface area contributed by atoms with Crippen LogP contribution in [-0.2, 0) is 20.7 Å². The van der Waals surface area contributed by atoms with E-state index in [0.717, 1.165) is 22.1 Å². The molecule has 7 nitrogen and oxygen atoms in total. The molecule has 1 aromatic heterocycles. The molecule has 3 aromatic rings. The molecule has 1 aliphatic heterocycles. The van der Waals surface area contributed by atoms with Gasteiger partial charge in [-0.2, -0.15) is 0 Å². The number of carbonyl (C=O) groups is 2. The third kappa shape index (κ3) is 4.18. The van der Waals surface area contributed by atoms with Gasteiger partial charge in [0.1, 0.15) is 18.8 Å². The van der Waals surface area contributed by atoms with E-state index >= 15 is 0 Å². The predicted molar refractivity (Wildman–Crippen MR) is 106 cm³/mol. The summed E-state index contributed by atoms with van der Waals surface area (Å²) in [7, 11) is 0. The van der Waals surface area contributed by atoms with E-state index in [1.54, 1.807) is 24.5 Å². The molecule has 2 heterocycles. The molecular weight excluding hydrogens is 374 g/mol. The quantitative estimate of drug-likeness (QED) is 0.664. The van der Waals surface area contributed by atoms with Crippen molar-refractivity contribution >= 4 is 28.5 Å². The smallest absolute Gasteiger partial charge is 0.311 e. The zero-order chi connectivity index (χ0) is 20.4. The summed E-state index contributed by atoms with van der Waals surface area (Å²) in [6.07, 6.45) is 0.624. The number of ether oxygens (including phenoxy) is 3. The minimum absolute atomic E-state index is 0.0255. The number of esters is 1. The van der Waals surface area contributed by atoms with Gasteiger partial charge in [-0.1, -0.05) is 12.1 Å². The Balaban J connectivity index is 1.36. The number of benzene rings is 2. The van der Waals surface area contributed by atoms with Crippen LogP contribution in [0.15, 0.2) is 47.1 Å². The second-order valence-electron chi connectivity index (χ2n) is 6.92. The minimum atomic E-state index is -0.948. The lowest BCUT2D eigenvalue weighted by molar-refractivity contribution is -0.152. The number of aryl methyl sites for hydroxylation is 1. The molecule has 1 amide bonds. The molecule has 0 fully saturated rings. The third-order valence-electron chi connectivity index (χ3n) is 4.63. The second-order valence-corrected chi connectivity index (χ2v) is 6.92. The fourth-order valence-electron chi connectivity index (χ4n) is 3.14. The van der Waals surface area contributed by atoms with E-state index in [2.05, 4.69) is 5.32 Å². The van der Waals surface area contributed by atoms with Crippen LogP contribution in [0.5, 0.6) is 11.5 Å². The van der Waals surface area contributed by atoms with Gasteiger partial charge in [0.05, 0.1) is 12.7 Å². The van der Waals surface area contributed by atoms with Crippen molar-refractivity contribution in [1.29, 1.82) is 0 Å². The molecule has 0 aliphatic carbocycles. The summed E-state index contributed by atoms with van der Waals surface area (Å²) >= 11 is 0. The monoisotopic (exact) mass is 395 g/mol. The van der Waals surface area contributed by atoms with E-state index < -0.39 is 18.0 Å². The highest BCUT2D eigenvalue weighted by molar-refractivity contribution is 5.95. The average molecular weight is 395 g/mol. The summed E-state index contributed by atoms with van der Waals surface area (Å²) in [5.41, 5.74) is 3.06. The van der Waals surface area contributed by atoms with E-state index in [1.165, 1.54) is 6.92 Å². The lowest BCUT2D eigenvalue weighted by Gasteiger charge is -2.19. The van der Waals surface area contributed by atoms with Crippen molar-refractivity contribution in [2.75, 3.05) is 18.5 Å². The van der Waals surface area contributed by atoms with Gasteiger partial charge in [-0.25, -0.2) is 0 Å². The van der Waals surface area contributed by atoms with Crippen molar-refractivity contribution in [2.24, 2.45) is 0 Å². The molecule has 1 aliphatic rings. The zero-order valence-corrected chi connectivity index (χ0v) is 16.2. The fourth-order valence-corrected chi connectivity index (χ4v) is 3.14. The summed E-state index contributed by atoms with van der Waals surface area (Å²) < 4.78 is 21.7. The number of carbonyl (C=O) groups excluding carboxylic acids is 2. The first-order valence-corrected chi connectivity index (χ1v) is 9.36. The lowest BCUT2D eigenvalue weighted by Crippen LogP contribution is -2.30. The van der Waals surface area contributed by atoms with Crippen LogP contribution >= 0.6 is 0 Å². The Morgan fingerprint density at radius 2 is 1.90 bits per heavy atom. The van der Waals surface area contributed by atoms with Crippen molar-refractivity contribution in [3.63, 3.8) is 0 Å². The van der Waals surface area contributed by atoms with E-state index in [4.69, 9.17) is 18.6 Å². The molecule has 29 heavy (non-hydrogen) atoms. The molecule has 150 valence electrons. The molecule has 1 atom stereocenters. The Morgan fingerprint density at radius 1 is 1.10 bits per heavy atom. The van der Waals surface area contributed by atoms with Gasteiger partial charge in [-0.3, -0.25) is 9.59 Å². The topological polar surface area (TPSA) is 87.0 Å². The van der Waals surface area contributed by atoms with Gasteiger partial charge in [-0.15, -0.1) is 0 Å². The van der Waals surface area contributed by atoms with Crippen LogP contribution in [0, 0.1) is 6.92 Å². The maximum absolute atomic E-state index is 12.4. The minimum Gasteiger partial charge on any atom is -0.486 e. The third-order valence-corrected chi connectivity index (χ3v) is 4.63. The van der Waals surface area contributed by atoms with Crippen LogP contribution in [0.3, 0.4) is 0 Å². The van der Waals surface area contributed by atoms with Gasteiger partial charge in [0, 0.05) is 22.7 Å². The molecule has 0 unspecified atom stereocenters. The van der Waals surface area contributed by atoms with Crippen LogP contribution in [0.4, 0.5) is 5.69 Å². The van der Waals surface area contributed by atoms with Crippen molar-refractivity contribution in [2.45, 2.75) is 26.4 Å². The van der Waals surface area contributed by atoms with E-state index in [0.29, 0.717) is 30.4 Å². The molecule has 0 saturated carbocycles. The summed E-state index contributed by atoms with van der Waals surface area (Å²) in [6.45, 7) is 4.46. The number of anilines is 1. The van der Waals surface area contributed by atoms with Gasteiger partial charge in [0.2, 0.25) is 0 Å². The Bertz CT molecular complexity index is 1070. The van der Waals surface area contributed by atoms with Crippen LogP contribution in [-0.4, -0.2) is 31.2 Å². The number of hydrogen-bond donors (Lipinski definition) is 1. The van der Waals surface area contributed by atoms with Gasteiger partial charge in [0.25, 0.3) is 5.91 Å². The van der Waals surface area contributed by atoms with Crippen molar-refractivity contribution in [1.82, 2.24) is 0 Å². The van der Waals surface area contributed by atoms with Crippen LogP contribution in [0.25, 0.3) is 11.0 Å². The highest BCUT2D eigenvalue weighted by atomic mass is 16.6. The van der Waals surface area contributed by atoms with Gasteiger partial charge >= 0.3 is 5.97 Å². The summed E-state index contributed by atoms with van der Waals surface area (Å²) in [5, 5.41) is 3.58. The first-order chi connectivity index (χ1) is 14.0. The molecule has 0 spiro atoms. The van der Waals surface area contributed by atoms with Gasteiger partial charge < -0.3 is 23.9 Å². The van der Waals surface area contributed by atoms with Crippen molar-refractivity contribution in [3.8, 4) is 11.5 Å². The first kappa shape index (κ1) is 18.9. The Labute approximate surface area is 167 Å². The number of fused-ring (bicyclic) bond motifs is 2. The first-order valence-electron chi connectivity index (χ1n) is 9.36. The number of amides is 1. The molecular formula is C22H21NO6. The number of rotatable bonds is 5. The maximum atomic E-state index is 12.4. The number of nitrogens with one attached hydrogen (secondary N) is 1. The maximum Gasteiger partial charge on any atom is 0.311 e. The number of furan rings is 1. The Morgan fingerprint density at radius 3 is 2.72 bits per heavy atom. The molecule has 0 radical (unpaired) electrons. The van der Waals surface area contributed by atoms with E-state index in [9.17, 15) is 9.59 Å². The SMILES string of the molecule is Cc1ccc2c(CC(=O)O[C@@H](C)C(=O)Nc3ccc4c(c3)OCCO4)coc2c1. The van der Waals surface area contributed by atoms with Crippen LogP contribution < -0.4 is 14.8 Å². The highest BCUT2D eigenvalue weighted by Crippen LogP contribution is 2.32. The van der Waals surface area contributed by atoms with Crippen molar-refractivity contribution < 1.29 is 28.2 Å². The molecule has 4 rings (SSSR count). The Hall–Kier alpha value is -3.48. The fraction of sp³-hybridized carbons (Fsp3) is 0.273. The lowest BCUT2D eigenvalue weighted by atomic mass is 10.1. The van der Waals surface area contributed by atoms with Gasteiger partial charge in [0.15, 0.2) is 17.6 Å². The van der Waals surface area contributed by atoms with E-state index in [-0.39, 0.29) is 6.42 Å². The average Bonchev–Trinajstić information content (AvgIpc) is 3.09. The molecule has 0 bridgehead atoms. The summed E-state index contributed by atoms with van der Waals surface area (Å²) in [6, 6.07) is 10.9. The highest BCUT2D eigenvalue weighted by Gasteiger charge is 2.20. The molecule has 2 aromatic carbocycles. The van der Waals surface area contributed by atoms with Crippen LogP contribution in [0.1, 0.15) is 18.1 Å². The largest absolute Gasteiger partial charge is 0.486 e. The summed E-state index contributed by atoms with van der Waals surface area (Å²) in [4.78, 5) is 24.7. The van der Waals surface area contributed by atoms with Crippen LogP contribution in [0.2, 0.25) is 0 Å². The normalized spacial score (nSPS) is 13.7. The zero-order valence-electron chi connectivity index (χ0n) is 16.2. The van der Waals surface area contributed by atoms with Crippen molar-refractivity contribution in [3.05, 3.63) is 53.8 Å². The van der Waals surface area contributed by atoms with E-state index in [1.807, 2.05) is 25.1 Å². The standard InChI is InChI=1S/C22H21NO6/c1-13-3-5-17-15(12-28-19(17)9-13)10-21(24)29-14(2)22(25)23-16-4-6-18-20(11-16)27-8-7-26-18/h3-6,9,11-12,14H,7-8,10H2,1-2H3,(H,23,25)/t14-/m0/s1. The second kappa shape index (κ2) is 7.87. The molecule has 0 saturated heterocycles. The Kier molecular flexibility index (Phi) is 5.12. The molecule has 7 heteroatoms. The number of hydrogen-bond acceptors (Lipinski definition) is 6. The summed E-state index contributed by atoms with van der Waals surface area (Å²) in [5.74, 6) is 0.276.